The van der Waals surface area contributed by atoms with Gasteiger partial charge in [-0.05, 0) is 13.0 Å². The van der Waals surface area contributed by atoms with Gasteiger partial charge in [0, 0.05) is 32.1 Å². The molecule has 0 amide bonds. The van der Waals surface area contributed by atoms with Gasteiger partial charge in [-0.25, -0.2) is 13.4 Å². The maximum absolute atomic E-state index is 11.1. The number of hydrogen-bond donors (Lipinski definition) is 2. The van der Waals surface area contributed by atoms with E-state index in [1.54, 1.807) is 10.6 Å². The smallest absolute Gasteiger partial charge is 0.191 e. The van der Waals surface area contributed by atoms with Crippen LogP contribution < -0.4 is 10.6 Å². The van der Waals surface area contributed by atoms with Crippen LogP contribution in [0.15, 0.2) is 11.1 Å². The minimum atomic E-state index is -3.00. The third-order valence-corrected chi connectivity index (χ3v) is 4.51. The molecule has 0 atom stereocenters. The van der Waals surface area contributed by atoms with Crippen LogP contribution in [0.4, 0.5) is 0 Å². The van der Waals surface area contributed by atoms with Crippen LogP contribution in [0.25, 0.3) is 0 Å². The molecule has 0 aliphatic heterocycles. The van der Waals surface area contributed by atoms with Crippen molar-refractivity contribution in [3.63, 3.8) is 0 Å². The zero-order valence-corrected chi connectivity index (χ0v) is 17.3. The second-order valence-corrected chi connectivity index (χ2v) is 7.61. The van der Waals surface area contributed by atoms with Gasteiger partial charge in [-0.1, -0.05) is 23.2 Å². The van der Waals surface area contributed by atoms with Crippen molar-refractivity contribution in [2.45, 2.75) is 13.5 Å². The largest absolute Gasteiger partial charge is 0.357 e. The number of aliphatic imine (C=N–C) groups is 1. The topological polar surface area (TPSA) is 75.5 Å². The Bertz CT molecular complexity index is 617. The molecule has 0 radical (unpaired) electrons. The molecule has 10 heteroatoms. The molecule has 1 aromatic rings. The standard InChI is InChI=1S/C12H20Cl2N4O2S.HI/c1-4-15-12(16-5-6-21(3,19)20)17-8-9-7-10(13)11(14)18(9)2;/h7H,4-6,8H2,1-3H3,(H2,15,16,17);1H. The third-order valence-electron chi connectivity index (χ3n) is 2.72. The number of hydrogen-bond acceptors (Lipinski definition) is 3. The summed E-state index contributed by atoms with van der Waals surface area (Å²) in [6, 6.07) is 1.76. The van der Waals surface area contributed by atoms with Crippen molar-refractivity contribution in [1.29, 1.82) is 0 Å². The molecule has 0 fully saturated rings. The van der Waals surface area contributed by atoms with Gasteiger partial charge in [0.2, 0.25) is 0 Å². The van der Waals surface area contributed by atoms with E-state index in [0.29, 0.717) is 35.8 Å². The average molecular weight is 483 g/mol. The van der Waals surface area contributed by atoms with Crippen LogP contribution in [0.5, 0.6) is 0 Å². The Labute approximate surface area is 158 Å². The molecule has 0 aliphatic carbocycles. The van der Waals surface area contributed by atoms with Gasteiger partial charge >= 0.3 is 0 Å². The summed E-state index contributed by atoms with van der Waals surface area (Å²) < 4.78 is 24.0. The minimum Gasteiger partial charge on any atom is -0.357 e. The number of nitrogens with one attached hydrogen (secondary N) is 2. The van der Waals surface area contributed by atoms with E-state index in [1.165, 1.54) is 6.26 Å². The van der Waals surface area contributed by atoms with Gasteiger partial charge in [0.1, 0.15) is 15.0 Å². The zero-order chi connectivity index (χ0) is 16.0. The van der Waals surface area contributed by atoms with Gasteiger partial charge in [-0.3, -0.25) is 0 Å². The van der Waals surface area contributed by atoms with E-state index in [-0.39, 0.29) is 29.7 Å². The molecule has 0 saturated carbocycles. The molecule has 0 aliphatic rings. The first-order valence-electron chi connectivity index (χ1n) is 6.44. The zero-order valence-electron chi connectivity index (χ0n) is 12.7. The Morgan fingerprint density at radius 2 is 2.00 bits per heavy atom. The summed E-state index contributed by atoms with van der Waals surface area (Å²) in [5.74, 6) is 0.605. The maximum Gasteiger partial charge on any atom is 0.191 e. The number of halogens is 3. The Morgan fingerprint density at radius 1 is 1.36 bits per heavy atom. The number of sulfone groups is 1. The lowest BCUT2D eigenvalue weighted by Crippen LogP contribution is -2.39. The lowest BCUT2D eigenvalue weighted by atomic mass is 10.4. The van der Waals surface area contributed by atoms with Crippen LogP contribution >= 0.6 is 47.2 Å². The normalized spacial score (nSPS) is 12.0. The van der Waals surface area contributed by atoms with Crippen LogP contribution in [0, 0.1) is 0 Å². The predicted octanol–water partition coefficient (Wildman–Crippen LogP) is 2.05. The molecule has 1 heterocycles. The van der Waals surface area contributed by atoms with E-state index in [9.17, 15) is 8.42 Å². The summed E-state index contributed by atoms with van der Waals surface area (Å²) in [5, 5.41) is 6.98. The number of aromatic nitrogens is 1. The van der Waals surface area contributed by atoms with Crippen molar-refractivity contribution in [3.8, 4) is 0 Å². The Kier molecular flexibility index (Phi) is 9.75. The summed E-state index contributed by atoms with van der Waals surface area (Å²) in [4.78, 5) is 4.38. The summed E-state index contributed by atoms with van der Waals surface area (Å²) in [6.45, 7) is 3.31. The van der Waals surface area contributed by atoms with Crippen molar-refractivity contribution in [2.75, 3.05) is 25.1 Å². The van der Waals surface area contributed by atoms with E-state index >= 15 is 0 Å². The fourth-order valence-corrected chi connectivity index (χ4v) is 2.49. The van der Waals surface area contributed by atoms with Gasteiger partial charge in [0.05, 0.1) is 17.3 Å². The lowest BCUT2D eigenvalue weighted by molar-refractivity contribution is 0.600. The molecule has 0 aromatic carbocycles. The molecule has 2 N–H and O–H groups in total. The van der Waals surface area contributed by atoms with E-state index in [4.69, 9.17) is 23.2 Å². The summed E-state index contributed by atoms with van der Waals surface area (Å²) in [7, 11) is -1.19. The Morgan fingerprint density at radius 3 is 2.45 bits per heavy atom. The highest BCUT2D eigenvalue weighted by Gasteiger charge is 2.09. The van der Waals surface area contributed by atoms with Gasteiger partial charge in [0.25, 0.3) is 0 Å². The molecule has 0 spiro atoms. The quantitative estimate of drug-likeness (QED) is 0.369. The SMILES string of the molecule is CCNC(=NCc1cc(Cl)c(Cl)n1C)NCCS(C)(=O)=O.I. The molecule has 6 nitrogen and oxygen atoms in total. The predicted molar refractivity (Wildman–Crippen MR) is 103 cm³/mol. The first-order chi connectivity index (χ1) is 9.74. The van der Waals surface area contributed by atoms with Crippen LogP contribution in [-0.2, 0) is 23.4 Å². The van der Waals surface area contributed by atoms with E-state index in [1.807, 2.05) is 14.0 Å². The van der Waals surface area contributed by atoms with Gasteiger partial charge < -0.3 is 15.2 Å². The number of nitrogens with zero attached hydrogens (tertiary/aromatic N) is 2. The van der Waals surface area contributed by atoms with E-state index < -0.39 is 9.84 Å². The lowest BCUT2D eigenvalue weighted by Gasteiger charge is -2.11. The Hall–Kier alpha value is -0.190. The van der Waals surface area contributed by atoms with Crippen LogP contribution in [0.3, 0.4) is 0 Å². The van der Waals surface area contributed by atoms with Crippen LogP contribution in [0.1, 0.15) is 12.6 Å². The van der Waals surface area contributed by atoms with Crippen molar-refractivity contribution >= 4 is 63.0 Å². The van der Waals surface area contributed by atoms with Crippen molar-refractivity contribution in [2.24, 2.45) is 12.0 Å². The molecule has 0 unspecified atom stereocenters. The maximum atomic E-state index is 11.1. The number of guanidine groups is 1. The van der Waals surface area contributed by atoms with Crippen molar-refractivity contribution in [1.82, 2.24) is 15.2 Å². The fourth-order valence-electron chi connectivity index (χ4n) is 1.60. The molecule has 1 rings (SSSR count). The molecule has 0 bridgehead atoms. The van der Waals surface area contributed by atoms with Crippen molar-refractivity contribution in [3.05, 3.63) is 21.9 Å². The van der Waals surface area contributed by atoms with E-state index in [2.05, 4.69) is 15.6 Å². The molecule has 128 valence electrons. The molecular formula is C12H21Cl2IN4O2S. The number of rotatable bonds is 6. The van der Waals surface area contributed by atoms with Gasteiger partial charge in [-0.15, -0.1) is 24.0 Å². The van der Waals surface area contributed by atoms with E-state index in [0.717, 1.165) is 5.69 Å². The minimum absolute atomic E-state index is 0. The molecule has 22 heavy (non-hydrogen) atoms. The average Bonchev–Trinajstić information content (AvgIpc) is 2.62. The van der Waals surface area contributed by atoms with Crippen LogP contribution in [0.2, 0.25) is 10.2 Å². The second kappa shape index (κ2) is 9.84. The first-order valence-corrected chi connectivity index (χ1v) is 9.25. The summed E-state index contributed by atoms with van der Waals surface area (Å²) >= 11 is 11.9. The summed E-state index contributed by atoms with van der Waals surface area (Å²) in [6.07, 6.45) is 1.20. The van der Waals surface area contributed by atoms with Gasteiger partial charge in [0.15, 0.2) is 5.96 Å². The highest BCUT2D eigenvalue weighted by molar-refractivity contribution is 14.0. The molecule has 1 aromatic heterocycles. The third kappa shape index (κ3) is 7.38. The highest BCUT2D eigenvalue weighted by Crippen LogP contribution is 2.25. The fraction of sp³-hybridized carbons (Fsp3) is 0.583. The first kappa shape index (κ1) is 21.8. The highest BCUT2D eigenvalue weighted by atomic mass is 127. The monoisotopic (exact) mass is 482 g/mol. The molecular weight excluding hydrogens is 462 g/mol. The van der Waals surface area contributed by atoms with Gasteiger partial charge in [-0.2, -0.15) is 0 Å². The van der Waals surface area contributed by atoms with Crippen LogP contribution in [-0.4, -0.2) is 44.0 Å². The van der Waals surface area contributed by atoms with Crippen molar-refractivity contribution < 1.29 is 8.42 Å². The second-order valence-electron chi connectivity index (χ2n) is 4.59. The summed E-state index contributed by atoms with van der Waals surface area (Å²) in [5.41, 5.74) is 0.866. The Balaban J connectivity index is 0.00000441. The molecule has 0 saturated heterocycles.